The van der Waals surface area contributed by atoms with Gasteiger partial charge in [0.25, 0.3) is 0 Å². The summed E-state index contributed by atoms with van der Waals surface area (Å²) in [5, 5.41) is 3.77. The topological polar surface area (TPSA) is 56.4 Å². The van der Waals surface area contributed by atoms with E-state index in [2.05, 4.69) is 23.1 Å². The molecule has 5 nitrogen and oxygen atoms in total. The average Bonchev–Trinajstić information content (AvgIpc) is 2.50. The van der Waals surface area contributed by atoms with Gasteiger partial charge in [0.15, 0.2) is 5.11 Å². The maximum Gasteiger partial charge on any atom is 0.238 e. The van der Waals surface area contributed by atoms with Crippen LogP contribution in [0, 0.1) is 0 Å². The summed E-state index contributed by atoms with van der Waals surface area (Å²) in [6.45, 7) is 2.16. The lowest BCUT2D eigenvalue weighted by molar-refractivity contribution is -0.120. The van der Waals surface area contributed by atoms with E-state index in [9.17, 15) is 4.79 Å². The van der Waals surface area contributed by atoms with Crippen molar-refractivity contribution in [3.05, 3.63) is 24.3 Å². The zero-order valence-electron chi connectivity index (χ0n) is 13.6. The van der Waals surface area contributed by atoms with Crippen LogP contribution in [0.15, 0.2) is 24.3 Å². The van der Waals surface area contributed by atoms with E-state index in [0.717, 1.165) is 24.2 Å². The first-order valence-corrected chi connectivity index (χ1v) is 8.07. The minimum Gasteiger partial charge on any atom is -0.355 e. The normalized spacial score (nSPS) is 9.95. The van der Waals surface area contributed by atoms with E-state index in [1.54, 1.807) is 0 Å². The van der Waals surface area contributed by atoms with E-state index in [1.807, 2.05) is 43.3 Å². The summed E-state index contributed by atoms with van der Waals surface area (Å²) in [7, 11) is 3.78. The third-order valence-corrected chi connectivity index (χ3v) is 3.61. The molecule has 0 fully saturated rings. The largest absolute Gasteiger partial charge is 0.355 e. The van der Waals surface area contributed by atoms with Gasteiger partial charge in [0.05, 0.1) is 5.69 Å². The maximum atomic E-state index is 11.7. The molecule has 0 heterocycles. The van der Waals surface area contributed by atoms with Gasteiger partial charge in [-0.05, 0) is 42.9 Å². The zero-order chi connectivity index (χ0) is 16.4. The molecule has 6 heteroatoms. The Balaban J connectivity index is 2.32. The molecule has 0 aliphatic heterocycles. The standard InChI is InChI=1S/C16H26N4OS/c1-4-5-6-7-8-15(21)19-18-14-11-9-13(10-12-14)17-16(22)20(2)3/h9-12,18H,4-8H2,1-3H3,(H,17,22)(H,19,21). The zero-order valence-corrected chi connectivity index (χ0v) is 14.4. The first kappa shape index (κ1) is 18.2. The lowest BCUT2D eigenvalue weighted by Crippen LogP contribution is -2.29. The Morgan fingerprint density at radius 2 is 1.73 bits per heavy atom. The highest BCUT2D eigenvalue weighted by Gasteiger charge is 2.02. The Labute approximate surface area is 138 Å². The monoisotopic (exact) mass is 322 g/mol. The predicted octanol–water partition coefficient (Wildman–Crippen LogP) is 3.36. The van der Waals surface area contributed by atoms with Crippen molar-refractivity contribution in [1.82, 2.24) is 10.3 Å². The maximum absolute atomic E-state index is 11.7. The molecule has 0 atom stereocenters. The highest BCUT2D eigenvalue weighted by Crippen LogP contribution is 2.13. The molecule has 122 valence electrons. The van der Waals surface area contributed by atoms with Gasteiger partial charge in [-0.25, -0.2) is 0 Å². The number of carbonyl (C=O) groups excluding carboxylic acids is 1. The summed E-state index contributed by atoms with van der Waals surface area (Å²) in [5.74, 6) is 0.0205. The Kier molecular flexibility index (Phi) is 8.28. The summed E-state index contributed by atoms with van der Waals surface area (Å²) >= 11 is 5.18. The first-order chi connectivity index (χ1) is 10.5. The van der Waals surface area contributed by atoms with Crippen LogP contribution in [0.4, 0.5) is 11.4 Å². The van der Waals surface area contributed by atoms with Crippen LogP contribution in [-0.4, -0.2) is 30.0 Å². The summed E-state index contributed by atoms with van der Waals surface area (Å²) in [4.78, 5) is 13.5. The number of amides is 1. The van der Waals surface area contributed by atoms with Gasteiger partial charge >= 0.3 is 0 Å². The number of nitrogens with one attached hydrogen (secondary N) is 3. The Morgan fingerprint density at radius 3 is 2.32 bits per heavy atom. The van der Waals surface area contributed by atoms with Crippen molar-refractivity contribution in [2.24, 2.45) is 0 Å². The number of carbonyl (C=O) groups is 1. The number of nitrogens with zero attached hydrogens (tertiary/aromatic N) is 1. The Hall–Kier alpha value is -1.82. The number of unbranched alkanes of at least 4 members (excludes halogenated alkanes) is 3. The molecule has 1 rings (SSSR count). The molecule has 0 unspecified atom stereocenters. The number of rotatable bonds is 8. The molecule has 0 aliphatic carbocycles. The number of hydrogen-bond donors (Lipinski definition) is 3. The SMILES string of the molecule is CCCCCCC(=O)NNc1ccc(NC(=S)N(C)C)cc1. The third-order valence-electron chi connectivity index (χ3n) is 3.15. The van der Waals surface area contributed by atoms with Gasteiger partial charge in [-0.3, -0.25) is 15.6 Å². The van der Waals surface area contributed by atoms with Crippen LogP contribution >= 0.6 is 12.2 Å². The predicted molar refractivity (Wildman–Crippen MR) is 96.9 cm³/mol. The van der Waals surface area contributed by atoms with Gasteiger partial charge in [0.2, 0.25) is 5.91 Å². The number of benzene rings is 1. The van der Waals surface area contributed by atoms with Gasteiger partial charge in [-0.2, -0.15) is 0 Å². The highest BCUT2D eigenvalue weighted by molar-refractivity contribution is 7.80. The van der Waals surface area contributed by atoms with Gasteiger partial charge in [-0.1, -0.05) is 26.2 Å². The summed E-state index contributed by atoms with van der Waals surface area (Å²) in [6, 6.07) is 7.59. The van der Waals surface area contributed by atoms with E-state index in [4.69, 9.17) is 12.2 Å². The fourth-order valence-corrected chi connectivity index (χ4v) is 1.91. The van der Waals surface area contributed by atoms with Crippen molar-refractivity contribution in [3.8, 4) is 0 Å². The fraction of sp³-hybridized carbons (Fsp3) is 0.500. The molecular formula is C16H26N4OS. The minimum atomic E-state index is 0.0205. The van der Waals surface area contributed by atoms with Crippen molar-refractivity contribution >= 4 is 34.6 Å². The second-order valence-corrected chi connectivity index (χ2v) is 5.77. The molecule has 0 saturated carbocycles. The van der Waals surface area contributed by atoms with Crippen LogP contribution in [0.3, 0.4) is 0 Å². The molecular weight excluding hydrogens is 296 g/mol. The van der Waals surface area contributed by atoms with Crippen LogP contribution in [0.1, 0.15) is 39.0 Å². The molecule has 0 spiro atoms. The second-order valence-electron chi connectivity index (χ2n) is 5.39. The van der Waals surface area contributed by atoms with Crippen molar-refractivity contribution < 1.29 is 4.79 Å². The highest BCUT2D eigenvalue weighted by atomic mass is 32.1. The number of hydrazine groups is 1. The quantitative estimate of drug-likeness (QED) is 0.389. The van der Waals surface area contributed by atoms with E-state index in [-0.39, 0.29) is 5.91 Å². The van der Waals surface area contributed by atoms with E-state index in [1.165, 1.54) is 12.8 Å². The van der Waals surface area contributed by atoms with Crippen molar-refractivity contribution in [2.75, 3.05) is 24.8 Å². The third kappa shape index (κ3) is 7.26. The molecule has 1 amide bonds. The van der Waals surface area contributed by atoms with E-state index >= 15 is 0 Å². The molecule has 1 aromatic rings. The molecule has 0 aliphatic rings. The number of thiocarbonyl (C=S) groups is 1. The summed E-state index contributed by atoms with van der Waals surface area (Å²) < 4.78 is 0. The molecule has 1 aromatic carbocycles. The van der Waals surface area contributed by atoms with Gasteiger partial charge < -0.3 is 10.2 Å². The molecule has 0 bridgehead atoms. The van der Waals surface area contributed by atoms with Crippen molar-refractivity contribution in [2.45, 2.75) is 39.0 Å². The van der Waals surface area contributed by atoms with Crippen LogP contribution in [0.25, 0.3) is 0 Å². The summed E-state index contributed by atoms with van der Waals surface area (Å²) in [6.07, 6.45) is 4.97. The molecule has 0 aromatic heterocycles. The van der Waals surface area contributed by atoms with Crippen LogP contribution < -0.4 is 16.2 Å². The van der Waals surface area contributed by atoms with E-state index in [0.29, 0.717) is 11.5 Å². The molecule has 22 heavy (non-hydrogen) atoms. The van der Waals surface area contributed by atoms with Crippen LogP contribution in [0.2, 0.25) is 0 Å². The van der Waals surface area contributed by atoms with Crippen molar-refractivity contribution in [1.29, 1.82) is 0 Å². The molecule has 3 N–H and O–H groups in total. The Morgan fingerprint density at radius 1 is 1.09 bits per heavy atom. The van der Waals surface area contributed by atoms with Gasteiger partial charge in [-0.15, -0.1) is 0 Å². The smallest absolute Gasteiger partial charge is 0.238 e. The fourth-order valence-electron chi connectivity index (χ4n) is 1.79. The average molecular weight is 322 g/mol. The second kappa shape index (κ2) is 10.00. The van der Waals surface area contributed by atoms with Gasteiger partial charge in [0, 0.05) is 26.2 Å². The lowest BCUT2D eigenvalue weighted by Gasteiger charge is -2.15. The van der Waals surface area contributed by atoms with Crippen molar-refractivity contribution in [3.63, 3.8) is 0 Å². The molecule has 0 saturated heterocycles. The summed E-state index contributed by atoms with van der Waals surface area (Å²) in [5.41, 5.74) is 7.38. The molecule has 0 radical (unpaired) electrons. The lowest BCUT2D eigenvalue weighted by atomic mass is 10.1. The van der Waals surface area contributed by atoms with Gasteiger partial charge in [0.1, 0.15) is 0 Å². The van der Waals surface area contributed by atoms with Crippen LogP contribution in [-0.2, 0) is 4.79 Å². The Bertz CT molecular complexity index is 474. The number of anilines is 2. The first-order valence-electron chi connectivity index (χ1n) is 7.66. The van der Waals surface area contributed by atoms with Crippen LogP contribution in [0.5, 0.6) is 0 Å². The van der Waals surface area contributed by atoms with E-state index < -0.39 is 0 Å². The minimum absolute atomic E-state index is 0.0205. The number of hydrogen-bond acceptors (Lipinski definition) is 3.